The lowest BCUT2D eigenvalue weighted by Crippen LogP contribution is -2.09. The molecular formula is C10H14O3S. The molecule has 1 atom stereocenters. The van der Waals surface area contributed by atoms with Crippen molar-refractivity contribution < 1.29 is 14.6 Å². The van der Waals surface area contributed by atoms with E-state index in [2.05, 4.69) is 0 Å². The van der Waals surface area contributed by atoms with E-state index in [1.165, 1.54) is 11.3 Å². The zero-order valence-corrected chi connectivity index (χ0v) is 9.13. The molecule has 0 bridgehead atoms. The molecule has 0 fully saturated rings. The molecule has 3 nitrogen and oxygen atoms in total. The summed E-state index contributed by atoms with van der Waals surface area (Å²) in [5.74, 6) is -0.354. The molecule has 0 saturated heterocycles. The molecule has 0 saturated carbocycles. The van der Waals surface area contributed by atoms with Gasteiger partial charge < -0.3 is 9.84 Å². The van der Waals surface area contributed by atoms with Gasteiger partial charge in [-0.05, 0) is 30.9 Å². The Morgan fingerprint density at radius 3 is 2.93 bits per heavy atom. The molecule has 0 aromatic carbocycles. The van der Waals surface area contributed by atoms with Crippen LogP contribution in [0.2, 0.25) is 0 Å². The molecule has 0 amide bonds. The second-order valence-electron chi connectivity index (χ2n) is 2.99. The molecule has 0 aliphatic heterocycles. The van der Waals surface area contributed by atoms with E-state index in [4.69, 9.17) is 4.74 Å². The highest BCUT2D eigenvalue weighted by Gasteiger charge is 2.16. The van der Waals surface area contributed by atoms with Gasteiger partial charge in [0.05, 0.1) is 19.1 Å². The van der Waals surface area contributed by atoms with Crippen LogP contribution in [0.4, 0.5) is 0 Å². The summed E-state index contributed by atoms with van der Waals surface area (Å²) in [6.07, 6.45) is -0.691. The molecule has 0 aliphatic rings. The molecule has 1 N–H and O–H groups in total. The monoisotopic (exact) mass is 214 g/mol. The van der Waals surface area contributed by atoms with Gasteiger partial charge in [-0.1, -0.05) is 0 Å². The minimum atomic E-state index is -0.728. The smallest absolute Gasteiger partial charge is 0.308 e. The predicted octanol–water partition coefficient (Wildman–Crippen LogP) is 2.04. The Morgan fingerprint density at radius 1 is 1.71 bits per heavy atom. The van der Waals surface area contributed by atoms with Crippen LogP contribution < -0.4 is 0 Å². The minimum Gasteiger partial charge on any atom is -0.466 e. The Balaban J connectivity index is 2.54. The summed E-state index contributed by atoms with van der Waals surface area (Å²) < 4.78 is 4.76. The van der Waals surface area contributed by atoms with E-state index in [1.807, 2.05) is 18.4 Å². The van der Waals surface area contributed by atoms with E-state index in [0.717, 1.165) is 10.4 Å². The molecule has 1 rings (SSSR count). The van der Waals surface area contributed by atoms with Gasteiger partial charge in [0.15, 0.2) is 0 Å². The van der Waals surface area contributed by atoms with E-state index in [9.17, 15) is 9.90 Å². The Morgan fingerprint density at radius 2 is 2.43 bits per heavy atom. The molecule has 0 radical (unpaired) electrons. The van der Waals surface area contributed by atoms with Gasteiger partial charge in [-0.25, -0.2) is 0 Å². The third-order valence-electron chi connectivity index (χ3n) is 1.87. The van der Waals surface area contributed by atoms with Crippen LogP contribution in [0, 0.1) is 6.92 Å². The number of aliphatic hydroxyl groups is 1. The van der Waals surface area contributed by atoms with Gasteiger partial charge in [0, 0.05) is 4.88 Å². The lowest BCUT2D eigenvalue weighted by molar-refractivity contribution is -0.145. The van der Waals surface area contributed by atoms with Gasteiger partial charge >= 0.3 is 5.97 Å². The van der Waals surface area contributed by atoms with Crippen molar-refractivity contribution in [2.75, 3.05) is 6.61 Å². The first-order chi connectivity index (χ1) is 6.65. The summed E-state index contributed by atoms with van der Waals surface area (Å²) >= 11 is 1.46. The lowest BCUT2D eigenvalue weighted by Gasteiger charge is -2.08. The predicted molar refractivity (Wildman–Crippen MR) is 55.3 cm³/mol. The maximum absolute atomic E-state index is 11.1. The van der Waals surface area contributed by atoms with E-state index in [0.29, 0.717) is 6.61 Å². The van der Waals surface area contributed by atoms with Gasteiger partial charge in [-0.2, -0.15) is 0 Å². The van der Waals surface area contributed by atoms with Crippen LogP contribution >= 0.6 is 11.3 Å². The van der Waals surface area contributed by atoms with Crippen LogP contribution in [0.5, 0.6) is 0 Å². The van der Waals surface area contributed by atoms with Crippen LogP contribution in [0.15, 0.2) is 11.4 Å². The Kier molecular flexibility index (Phi) is 4.10. The van der Waals surface area contributed by atoms with Crippen molar-refractivity contribution in [3.63, 3.8) is 0 Å². The third kappa shape index (κ3) is 2.82. The average Bonchev–Trinajstić information content (AvgIpc) is 2.51. The van der Waals surface area contributed by atoms with Gasteiger partial charge in [0.25, 0.3) is 0 Å². The second kappa shape index (κ2) is 5.12. The van der Waals surface area contributed by atoms with Crippen molar-refractivity contribution in [1.82, 2.24) is 0 Å². The highest BCUT2D eigenvalue weighted by atomic mass is 32.1. The number of aliphatic hydroxyl groups excluding tert-OH is 1. The summed E-state index contributed by atoms with van der Waals surface area (Å²) in [6.45, 7) is 4.02. The lowest BCUT2D eigenvalue weighted by atomic mass is 10.1. The van der Waals surface area contributed by atoms with E-state index in [1.54, 1.807) is 6.92 Å². The number of hydrogen-bond acceptors (Lipinski definition) is 4. The maximum Gasteiger partial charge on any atom is 0.308 e. The average molecular weight is 214 g/mol. The van der Waals surface area contributed by atoms with Gasteiger partial charge in [0.2, 0.25) is 0 Å². The molecule has 1 aromatic rings. The number of carbonyl (C=O) groups is 1. The number of hydrogen-bond donors (Lipinski definition) is 1. The standard InChI is InChI=1S/C10H14O3S/c1-3-13-9(12)6-8(11)10-7(2)4-5-14-10/h4-5,8,11H,3,6H2,1-2H3. The molecule has 1 aromatic heterocycles. The molecule has 1 heterocycles. The molecule has 14 heavy (non-hydrogen) atoms. The quantitative estimate of drug-likeness (QED) is 0.780. The summed E-state index contributed by atoms with van der Waals surface area (Å²) in [5.41, 5.74) is 1.02. The first kappa shape index (κ1) is 11.2. The summed E-state index contributed by atoms with van der Waals surface area (Å²) in [4.78, 5) is 11.9. The van der Waals surface area contributed by atoms with Crippen molar-refractivity contribution in [2.45, 2.75) is 26.4 Å². The summed E-state index contributed by atoms with van der Waals surface area (Å²) in [7, 11) is 0. The van der Waals surface area contributed by atoms with Crippen molar-refractivity contribution in [2.24, 2.45) is 0 Å². The van der Waals surface area contributed by atoms with Gasteiger partial charge in [-0.15, -0.1) is 11.3 Å². The van der Waals surface area contributed by atoms with Crippen LogP contribution in [0.25, 0.3) is 0 Å². The highest BCUT2D eigenvalue weighted by Crippen LogP contribution is 2.26. The Hall–Kier alpha value is -0.870. The molecule has 78 valence electrons. The van der Waals surface area contributed by atoms with Crippen molar-refractivity contribution in [3.05, 3.63) is 21.9 Å². The van der Waals surface area contributed by atoms with Gasteiger partial charge in [0.1, 0.15) is 0 Å². The zero-order valence-electron chi connectivity index (χ0n) is 8.32. The SMILES string of the molecule is CCOC(=O)CC(O)c1sccc1C. The van der Waals surface area contributed by atoms with Crippen LogP contribution in [0.3, 0.4) is 0 Å². The van der Waals surface area contributed by atoms with Crippen molar-refractivity contribution in [3.8, 4) is 0 Å². The number of aryl methyl sites for hydroxylation is 1. The first-order valence-electron chi connectivity index (χ1n) is 4.52. The fourth-order valence-electron chi connectivity index (χ4n) is 1.20. The normalized spacial score (nSPS) is 12.5. The topological polar surface area (TPSA) is 46.5 Å². The molecule has 0 spiro atoms. The summed E-state index contributed by atoms with van der Waals surface area (Å²) in [6, 6.07) is 1.92. The zero-order chi connectivity index (χ0) is 10.6. The fourth-order valence-corrected chi connectivity index (χ4v) is 2.11. The molecule has 1 unspecified atom stereocenters. The Bertz CT molecular complexity index is 306. The number of ether oxygens (including phenoxy) is 1. The van der Waals surface area contributed by atoms with Crippen LogP contribution in [-0.2, 0) is 9.53 Å². The first-order valence-corrected chi connectivity index (χ1v) is 5.40. The van der Waals surface area contributed by atoms with E-state index in [-0.39, 0.29) is 12.4 Å². The van der Waals surface area contributed by atoms with Crippen LogP contribution in [-0.4, -0.2) is 17.7 Å². The minimum absolute atomic E-state index is 0.0369. The van der Waals surface area contributed by atoms with Crippen molar-refractivity contribution >= 4 is 17.3 Å². The highest BCUT2D eigenvalue weighted by molar-refractivity contribution is 7.10. The van der Waals surface area contributed by atoms with Gasteiger partial charge in [-0.3, -0.25) is 4.79 Å². The number of esters is 1. The Labute approximate surface area is 87.3 Å². The number of carbonyl (C=O) groups excluding carboxylic acids is 1. The number of thiophene rings is 1. The number of rotatable bonds is 4. The third-order valence-corrected chi connectivity index (χ3v) is 2.99. The molecule has 0 aliphatic carbocycles. The molecular weight excluding hydrogens is 200 g/mol. The van der Waals surface area contributed by atoms with Crippen molar-refractivity contribution in [1.29, 1.82) is 0 Å². The second-order valence-corrected chi connectivity index (χ2v) is 3.94. The summed E-state index contributed by atoms with van der Waals surface area (Å²) in [5, 5.41) is 11.6. The van der Waals surface area contributed by atoms with E-state index < -0.39 is 6.10 Å². The van der Waals surface area contributed by atoms with E-state index >= 15 is 0 Å². The maximum atomic E-state index is 11.1. The van der Waals surface area contributed by atoms with Crippen LogP contribution in [0.1, 0.15) is 29.9 Å². The molecule has 4 heteroatoms. The fraction of sp³-hybridized carbons (Fsp3) is 0.500. The largest absolute Gasteiger partial charge is 0.466 e.